The second-order valence-corrected chi connectivity index (χ2v) is 5.18. The molecule has 2 aromatic heterocycles. The Balaban J connectivity index is 2.18. The molecule has 3 nitrogen and oxygen atoms in total. The van der Waals surface area contributed by atoms with Gasteiger partial charge in [0, 0.05) is 16.9 Å². The maximum absolute atomic E-state index is 8.71. The molecule has 0 atom stereocenters. The van der Waals surface area contributed by atoms with Crippen LogP contribution >= 0.6 is 22.9 Å². The van der Waals surface area contributed by atoms with Crippen molar-refractivity contribution in [3.05, 3.63) is 38.8 Å². The summed E-state index contributed by atoms with van der Waals surface area (Å²) in [7, 11) is 0. The normalized spacial score (nSPS) is 10.2. The van der Waals surface area contributed by atoms with E-state index in [1.54, 1.807) is 17.5 Å². The molecule has 0 spiro atoms. The fourth-order valence-corrected chi connectivity index (χ4v) is 2.46. The van der Waals surface area contributed by atoms with Crippen LogP contribution in [0.2, 0.25) is 5.02 Å². The number of aliphatic hydroxyl groups excluding tert-OH is 1. The van der Waals surface area contributed by atoms with E-state index in [9.17, 15) is 0 Å². The van der Waals surface area contributed by atoms with Crippen molar-refractivity contribution in [1.82, 2.24) is 9.78 Å². The Kier molecular flexibility index (Phi) is 4.43. The van der Waals surface area contributed by atoms with Gasteiger partial charge in [0.1, 0.15) is 0 Å². The number of hydrogen-bond acceptors (Lipinski definition) is 3. The standard InChI is InChI=1S/C13H13ClN2OS/c1-10-12(14)8-15-16(10)9-13-11(5-7-18-13)4-2-3-6-17/h5,7-8,17H,3,6,9H2,1H3. The van der Waals surface area contributed by atoms with Gasteiger partial charge in [-0.1, -0.05) is 23.4 Å². The highest BCUT2D eigenvalue weighted by molar-refractivity contribution is 7.10. The van der Waals surface area contributed by atoms with E-state index in [-0.39, 0.29) is 6.61 Å². The van der Waals surface area contributed by atoms with Crippen LogP contribution < -0.4 is 0 Å². The lowest BCUT2D eigenvalue weighted by Crippen LogP contribution is -2.03. The highest BCUT2D eigenvalue weighted by atomic mass is 35.5. The molecule has 0 saturated carbocycles. The average molecular weight is 281 g/mol. The van der Waals surface area contributed by atoms with Crippen molar-refractivity contribution in [2.75, 3.05) is 6.61 Å². The smallest absolute Gasteiger partial charge is 0.0815 e. The third kappa shape index (κ3) is 2.94. The highest BCUT2D eigenvalue weighted by Gasteiger charge is 2.07. The molecule has 2 heterocycles. The highest BCUT2D eigenvalue weighted by Crippen LogP contribution is 2.20. The first-order valence-corrected chi connectivity index (χ1v) is 6.82. The predicted molar refractivity (Wildman–Crippen MR) is 74.0 cm³/mol. The molecule has 2 rings (SSSR count). The lowest BCUT2D eigenvalue weighted by Gasteiger charge is -2.03. The fourth-order valence-electron chi connectivity index (χ4n) is 1.51. The second kappa shape index (κ2) is 6.05. The van der Waals surface area contributed by atoms with Gasteiger partial charge >= 0.3 is 0 Å². The molecule has 0 aliphatic carbocycles. The molecule has 18 heavy (non-hydrogen) atoms. The van der Waals surface area contributed by atoms with Crippen LogP contribution in [-0.2, 0) is 6.54 Å². The van der Waals surface area contributed by atoms with Crippen molar-refractivity contribution in [1.29, 1.82) is 0 Å². The zero-order chi connectivity index (χ0) is 13.0. The minimum atomic E-state index is 0.0976. The van der Waals surface area contributed by atoms with Crippen LogP contribution in [0.4, 0.5) is 0 Å². The van der Waals surface area contributed by atoms with Crippen molar-refractivity contribution in [2.45, 2.75) is 19.9 Å². The van der Waals surface area contributed by atoms with E-state index in [1.165, 1.54) is 0 Å². The van der Waals surface area contributed by atoms with Crippen molar-refractivity contribution < 1.29 is 5.11 Å². The summed E-state index contributed by atoms with van der Waals surface area (Å²) in [6, 6.07) is 1.99. The first-order chi connectivity index (χ1) is 8.72. The third-order valence-corrected chi connectivity index (χ3v) is 3.82. The van der Waals surface area contributed by atoms with Crippen molar-refractivity contribution in [3.8, 4) is 11.8 Å². The summed E-state index contributed by atoms with van der Waals surface area (Å²) in [6.07, 6.45) is 2.16. The lowest BCUT2D eigenvalue weighted by molar-refractivity contribution is 0.305. The summed E-state index contributed by atoms with van der Waals surface area (Å²) in [5.74, 6) is 6.00. The van der Waals surface area contributed by atoms with Gasteiger partial charge in [-0.3, -0.25) is 4.68 Å². The molecule has 0 radical (unpaired) electrons. The molecular formula is C13H13ClN2OS. The zero-order valence-corrected chi connectivity index (χ0v) is 11.6. The molecule has 1 N–H and O–H groups in total. The average Bonchev–Trinajstić information content (AvgIpc) is 2.92. The SMILES string of the molecule is Cc1c(Cl)cnn1Cc1sccc1C#CCCO. The van der Waals surface area contributed by atoms with Crippen molar-refractivity contribution >= 4 is 22.9 Å². The van der Waals surface area contributed by atoms with Gasteiger partial charge in [0.25, 0.3) is 0 Å². The van der Waals surface area contributed by atoms with E-state index in [0.717, 1.165) is 16.1 Å². The number of hydrogen-bond donors (Lipinski definition) is 1. The van der Waals surface area contributed by atoms with Crippen LogP contribution in [0.25, 0.3) is 0 Å². The number of rotatable bonds is 3. The first kappa shape index (κ1) is 13.2. The number of aliphatic hydroxyl groups is 1. The zero-order valence-electron chi connectivity index (χ0n) is 9.98. The summed E-state index contributed by atoms with van der Waals surface area (Å²) in [5, 5.41) is 15.6. The fraction of sp³-hybridized carbons (Fsp3) is 0.308. The number of thiophene rings is 1. The van der Waals surface area contributed by atoms with Crippen LogP contribution in [0.3, 0.4) is 0 Å². The van der Waals surface area contributed by atoms with Crippen LogP contribution in [-0.4, -0.2) is 21.5 Å². The molecule has 0 bridgehead atoms. The summed E-state index contributed by atoms with van der Waals surface area (Å²) >= 11 is 7.63. The summed E-state index contributed by atoms with van der Waals surface area (Å²) in [4.78, 5) is 1.16. The first-order valence-electron chi connectivity index (χ1n) is 5.56. The molecule has 94 valence electrons. The predicted octanol–water partition coefficient (Wildman–Crippen LogP) is 2.69. The van der Waals surface area contributed by atoms with Gasteiger partial charge in [-0.05, 0) is 18.4 Å². The van der Waals surface area contributed by atoms with E-state index in [4.69, 9.17) is 16.7 Å². The van der Waals surface area contributed by atoms with Gasteiger partial charge in [-0.25, -0.2) is 0 Å². The minimum Gasteiger partial charge on any atom is -0.395 e. The molecule has 0 saturated heterocycles. The number of nitrogens with zero attached hydrogens (tertiary/aromatic N) is 2. The van der Waals surface area contributed by atoms with Gasteiger partial charge in [0.15, 0.2) is 0 Å². The molecule has 0 aliphatic rings. The van der Waals surface area contributed by atoms with Crippen molar-refractivity contribution in [3.63, 3.8) is 0 Å². The number of halogens is 1. The monoisotopic (exact) mass is 280 g/mol. The van der Waals surface area contributed by atoms with Crippen LogP contribution in [0.5, 0.6) is 0 Å². The van der Waals surface area contributed by atoms with E-state index in [2.05, 4.69) is 16.9 Å². The maximum atomic E-state index is 8.71. The summed E-state index contributed by atoms with van der Waals surface area (Å²) in [5.41, 5.74) is 1.96. The summed E-state index contributed by atoms with van der Waals surface area (Å²) in [6.45, 7) is 2.72. The van der Waals surface area contributed by atoms with Gasteiger partial charge in [0.2, 0.25) is 0 Å². The summed E-state index contributed by atoms with van der Waals surface area (Å²) < 4.78 is 1.87. The number of aromatic nitrogens is 2. The van der Waals surface area contributed by atoms with E-state index >= 15 is 0 Å². The molecule has 0 unspecified atom stereocenters. The Labute approximate surface area is 115 Å². The van der Waals surface area contributed by atoms with Crippen LogP contribution in [0, 0.1) is 18.8 Å². The largest absolute Gasteiger partial charge is 0.395 e. The maximum Gasteiger partial charge on any atom is 0.0815 e. The topological polar surface area (TPSA) is 38.0 Å². The molecule has 0 aromatic carbocycles. The van der Waals surface area contributed by atoms with Gasteiger partial charge in [-0.15, -0.1) is 11.3 Å². The Morgan fingerprint density at radius 2 is 2.39 bits per heavy atom. The Hall–Kier alpha value is -1.28. The van der Waals surface area contributed by atoms with Crippen LogP contribution in [0.15, 0.2) is 17.6 Å². The lowest BCUT2D eigenvalue weighted by atomic mass is 10.2. The molecule has 0 aliphatic heterocycles. The molecule has 5 heteroatoms. The molecule has 2 aromatic rings. The van der Waals surface area contributed by atoms with Gasteiger partial charge in [0.05, 0.1) is 30.1 Å². The van der Waals surface area contributed by atoms with E-state index < -0.39 is 0 Å². The quantitative estimate of drug-likeness (QED) is 0.878. The molecular weight excluding hydrogens is 268 g/mol. The van der Waals surface area contributed by atoms with E-state index in [1.807, 2.05) is 23.1 Å². The van der Waals surface area contributed by atoms with Gasteiger partial charge < -0.3 is 5.11 Å². The minimum absolute atomic E-state index is 0.0976. The Morgan fingerprint density at radius 3 is 3.06 bits per heavy atom. The van der Waals surface area contributed by atoms with Crippen LogP contribution in [0.1, 0.15) is 22.6 Å². The Bertz CT molecular complexity index is 592. The molecule has 0 fully saturated rings. The Morgan fingerprint density at radius 1 is 1.56 bits per heavy atom. The molecule has 0 amide bonds. The second-order valence-electron chi connectivity index (χ2n) is 3.77. The van der Waals surface area contributed by atoms with Crippen molar-refractivity contribution in [2.24, 2.45) is 0 Å². The third-order valence-electron chi connectivity index (χ3n) is 2.54. The van der Waals surface area contributed by atoms with Gasteiger partial charge in [-0.2, -0.15) is 5.10 Å². The van der Waals surface area contributed by atoms with E-state index in [0.29, 0.717) is 18.0 Å².